The van der Waals surface area contributed by atoms with Crippen LogP contribution in [0.15, 0.2) is 23.0 Å². The molecule has 1 heterocycles. The smallest absolute Gasteiger partial charge is 0.0935 e. The van der Waals surface area contributed by atoms with Crippen molar-refractivity contribution >= 4 is 0 Å². The fraction of sp³-hybridized carbons (Fsp3) is 0.765. The molecule has 1 atom stereocenters. The Kier molecular flexibility index (Phi) is 2.77. The standard InChI is InChI=1S/C17H24O2/c18-16(6-12-1-2-19-11-12)10-17-7-13-3-14(8-17)5-15(4-13)9-17/h1-2,11,13-16,18H,3-10H2. The summed E-state index contributed by atoms with van der Waals surface area (Å²) in [6.45, 7) is 0. The molecule has 0 amide bonds. The summed E-state index contributed by atoms with van der Waals surface area (Å²) in [6, 6.07) is 1.98. The van der Waals surface area contributed by atoms with Crippen molar-refractivity contribution in [2.75, 3.05) is 0 Å². The fourth-order valence-corrected chi connectivity index (χ4v) is 5.79. The Bertz CT molecular complexity index is 399. The fourth-order valence-electron chi connectivity index (χ4n) is 5.79. The van der Waals surface area contributed by atoms with Crippen LogP contribution in [0.5, 0.6) is 0 Å². The van der Waals surface area contributed by atoms with E-state index >= 15 is 0 Å². The van der Waals surface area contributed by atoms with Crippen LogP contribution in [0.4, 0.5) is 0 Å². The van der Waals surface area contributed by atoms with Crippen LogP contribution in [-0.2, 0) is 6.42 Å². The van der Waals surface area contributed by atoms with Gasteiger partial charge in [0.15, 0.2) is 0 Å². The van der Waals surface area contributed by atoms with Crippen LogP contribution < -0.4 is 0 Å². The van der Waals surface area contributed by atoms with Crippen LogP contribution in [0.25, 0.3) is 0 Å². The predicted octanol–water partition coefficient (Wildman–Crippen LogP) is 3.79. The molecule has 1 aromatic rings. The lowest BCUT2D eigenvalue weighted by Gasteiger charge is -2.57. The number of hydrogen-bond donors (Lipinski definition) is 1. The molecule has 19 heavy (non-hydrogen) atoms. The molecule has 4 saturated carbocycles. The van der Waals surface area contributed by atoms with Gasteiger partial charge in [0.2, 0.25) is 0 Å². The summed E-state index contributed by atoms with van der Waals surface area (Å²) in [5.41, 5.74) is 1.62. The molecule has 4 fully saturated rings. The van der Waals surface area contributed by atoms with E-state index in [-0.39, 0.29) is 6.10 Å². The van der Waals surface area contributed by atoms with Crippen LogP contribution >= 0.6 is 0 Å². The molecule has 5 rings (SSSR count). The average molecular weight is 260 g/mol. The molecule has 1 N–H and O–H groups in total. The van der Waals surface area contributed by atoms with Gasteiger partial charge in [-0.15, -0.1) is 0 Å². The molecule has 1 unspecified atom stereocenters. The van der Waals surface area contributed by atoms with Gasteiger partial charge >= 0.3 is 0 Å². The highest BCUT2D eigenvalue weighted by Crippen LogP contribution is 2.61. The highest BCUT2D eigenvalue weighted by atomic mass is 16.3. The van der Waals surface area contributed by atoms with Crippen molar-refractivity contribution in [1.29, 1.82) is 0 Å². The van der Waals surface area contributed by atoms with Gasteiger partial charge in [-0.1, -0.05) is 0 Å². The Morgan fingerprint density at radius 2 is 1.79 bits per heavy atom. The van der Waals surface area contributed by atoms with Crippen LogP contribution in [0, 0.1) is 23.2 Å². The van der Waals surface area contributed by atoms with Gasteiger partial charge in [-0.2, -0.15) is 0 Å². The second-order valence-electron chi connectivity index (χ2n) is 7.61. The molecule has 2 nitrogen and oxygen atoms in total. The maximum Gasteiger partial charge on any atom is 0.0935 e. The topological polar surface area (TPSA) is 33.4 Å². The summed E-state index contributed by atoms with van der Waals surface area (Å²) in [5, 5.41) is 10.4. The molecule has 4 bridgehead atoms. The molecule has 0 aliphatic heterocycles. The minimum Gasteiger partial charge on any atom is -0.472 e. The number of aliphatic hydroxyl groups excluding tert-OH is 1. The predicted molar refractivity (Wildman–Crippen MR) is 73.6 cm³/mol. The van der Waals surface area contributed by atoms with Gasteiger partial charge < -0.3 is 9.52 Å². The highest BCUT2D eigenvalue weighted by Gasteiger charge is 2.51. The summed E-state index contributed by atoms with van der Waals surface area (Å²) in [7, 11) is 0. The van der Waals surface area contributed by atoms with E-state index in [1.165, 1.54) is 38.5 Å². The summed E-state index contributed by atoms with van der Waals surface area (Å²) in [6.07, 6.45) is 13.7. The molecule has 0 radical (unpaired) electrons. The Labute approximate surface area is 115 Å². The first-order valence-electron chi connectivity index (χ1n) is 7.90. The van der Waals surface area contributed by atoms with Crippen LogP contribution in [0.3, 0.4) is 0 Å². The van der Waals surface area contributed by atoms with E-state index in [9.17, 15) is 5.11 Å². The molecule has 0 spiro atoms. The molecule has 2 heteroatoms. The normalized spacial score (nSPS) is 41.6. The van der Waals surface area contributed by atoms with Gasteiger partial charge in [0.1, 0.15) is 0 Å². The monoisotopic (exact) mass is 260 g/mol. The number of hydrogen-bond acceptors (Lipinski definition) is 2. The zero-order valence-electron chi connectivity index (χ0n) is 11.6. The summed E-state index contributed by atoms with van der Waals surface area (Å²) in [5.74, 6) is 2.94. The van der Waals surface area contributed by atoms with E-state index in [1.807, 2.05) is 6.07 Å². The molecular formula is C17H24O2. The summed E-state index contributed by atoms with van der Waals surface area (Å²) < 4.78 is 5.10. The molecular weight excluding hydrogens is 236 g/mol. The van der Waals surface area contributed by atoms with E-state index in [0.29, 0.717) is 5.41 Å². The third-order valence-corrected chi connectivity index (χ3v) is 5.89. The minimum atomic E-state index is -0.186. The van der Waals surface area contributed by atoms with Crippen molar-refractivity contribution in [3.05, 3.63) is 24.2 Å². The lowest BCUT2D eigenvalue weighted by atomic mass is 9.48. The largest absolute Gasteiger partial charge is 0.472 e. The van der Waals surface area contributed by atoms with E-state index in [1.54, 1.807) is 12.5 Å². The van der Waals surface area contributed by atoms with Gasteiger partial charge in [0.25, 0.3) is 0 Å². The highest BCUT2D eigenvalue weighted by molar-refractivity contribution is 5.08. The van der Waals surface area contributed by atoms with E-state index in [0.717, 1.165) is 36.2 Å². The van der Waals surface area contributed by atoms with Crippen molar-refractivity contribution < 1.29 is 9.52 Å². The molecule has 0 saturated heterocycles. The summed E-state index contributed by atoms with van der Waals surface area (Å²) >= 11 is 0. The van der Waals surface area contributed by atoms with Crippen LogP contribution in [-0.4, -0.2) is 11.2 Å². The van der Waals surface area contributed by atoms with Crippen molar-refractivity contribution in [2.24, 2.45) is 23.2 Å². The zero-order chi connectivity index (χ0) is 12.9. The maximum atomic E-state index is 10.4. The van der Waals surface area contributed by atoms with E-state index < -0.39 is 0 Å². The molecule has 4 aliphatic rings. The lowest BCUT2D eigenvalue weighted by Crippen LogP contribution is -2.47. The van der Waals surface area contributed by atoms with Crippen molar-refractivity contribution in [2.45, 2.75) is 57.5 Å². The first-order chi connectivity index (χ1) is 9.21. The molecule has 0 aromatic carbocycles. The number of aliphatic hydroxyl groups is 1. The lowest BCUT2D eigenvalue weighted by molar-refractivity contribution is -0.0756. The number of rotatable bonds is 4. The summed E-state index contributed by atoms with van der Waals surface area (Å²) in [4.78, 5) is 0. The second kappa shape index (κ2) is 4.37. The van der Waals surface area contributed by atoms with Crippen molar-refractivity contribution in [3.8, 4) is 0 Å². The van der Waals surface area contributed by atoms with Gasteiger partial charge in [-0.3, -0.25) is 0 Å². The zero-order valence-corrected chi connectivity index (χ0v) is 11.6. The van der Waals surface area contributed by atoms with Gasteiger partial charge in [0, 0.05) is 6.42 Å². The van der Waals surface area contributed by atoms with Crippen molar-refractivity contribution in [1.82, 2.24) is 0 Å². The third-order valence-electron chi connectivity index (χ3n) is 5.89. The van der Waals surface area contributed by atoms with E-state index in [2.05, 4.69) is 0 Å². The van der Waals surface area contributed by atoms with E-state index in [4.69, 9.17) is 4.42 Å². The Morgan fingerprint density at radius 1 is 1.16 bits per heavy atom. The SMILES string of the molecule is OC(Cc1ccoc1)CC12CC3CC(CC(C3)C1)C2. The Morgan fingerprint density at radius 3 is 2.32 bits per heavy atom. The molecule has 1 aromatic heterocycles. The van der Waals surface area contributed by atoms with Crippen LogP contribution in [0.1, 0.15) is 50.5 Å². The molecule has 4 aliphatic carbocycles. The maximum absolute atomic E-state index is 10.4. The second-order valence-corrected chi connectivity index (χ2v) is 7.61. The van der Waals surface area contributed by atoms with Gasteiger partial charge in [-0.25, -0.2) is 0 Å². The first-order valence-corrected chi connectivity index (χ1v) is 7.90. The average Bonchev–Trinajstić information content (AvgIpc) is 2.78. The Balaban J connectivity index is 1.44. The quantitative estimate of drug-likeness (QED) is 0.893. The number of furan rings is 1. The first kappa shape index (κ1) is 12.0. The Hall–Kier alpha value is -0.760. The minimum absolute atomic E-state index is 0.186. The van der Waals surface area contributed by atoms with Crippen molar-refractivity contribution in [3.63, 3.8) is 0 Å². The van der Waals surface area contributed by atoms with Crippen LogP contribution in [0.2, 0.25) is 0 Å². The van der Waals surface area contributed by atoms with Gasteiger partial charge in [-0.05, 0) is 79.7 Å². The molecule has 104 valence electrons. The third kappa shape index (κ3) is 2.24. The van der Waals surface area contributed by atoms with Gasteiger partial charge in [0.05, 0.1) is 18.6 Å².